The Kier molecular flexibility index (Phi) is 16.0. The topological polar surface area (TPSA) is 337 Å². The minimum absolute atomic E-state index is 0.157. The Morgan fingerprint density at radius 1 is 0.925 bits per heavy atom. The van der Waals surface area contributed by atoms with Crippen molar-refractivity contribution in [3.05, 3.63) is 12.7 Å². The fourth-order valence-electron chi connectivity index (χ4n) is 2.80. The highest BCUT2D eigenvalue weighted by Crippen LogP contribution is 2.52. The Balaban J connectivity index is 0.000000366. The number of nitrogen functional groups attached to an aromatic ring is 1. The van der Waals surface area contributed by atoms with E-state index in [1.165, 1.54) is 17.2 Å². The van der Waals surface area contributed by atoms with Crippen LogP contribution in [0.25, 0.3) is 11.2 Å². The highest BCUT2D eigenvalue weighted by molar-refractivity contribution is 7.47. The molecule has 232 valence electrons. The third kappa shape index (κ3) is 10.8. The number of aliphatic hydroxyl groups excluding tert-OH is 10. The second-order valence-corrected chi connectivity index (χ2v) is 9.44. The first-order valence-corrected chi connectivity index (χ1v) is 13.0. The molecule has 2 fully saturated rings. The number of hydrogen-bond donors (Lipinski definition) is 12. The predicted molar refractivity (Wildman–Crippen MR) is 131 cm³/mol. The first-order chi connectivity index (χ1) is 18.9. The molecule has 0 bridgehead atoms. The van der Waals surface area contributed by atoms with Crippen LogP contribution in [0.3, 0.4) is 0 Å². The summed E-state index contributed by atoms with van der Waals surface area (Å²) < 4.78 is 28.2. The molecule has 0 amide bonds. The zero-order chi connectivity index (χ0) is 30.5. The number of imidazole rings is 1. The third-order valence-electron chi connectivity index (χ3n) is 4.89. The van der Waals surface area contributed by atoms with E-state index in [4.69, 9.17) is 61.0 Å². The highest BCUT2D eigenvalue weighted by atomic mass is 31.2. The van der Waals surface area contributed by atoms with Crippen LogP contribution in [0.4, 0.5) is 5.82 Å². The van der Waals surface area contributed by atoms with E-state index < -0.39 is 50.7 Å². The maximum absolute atomic E-state index is 11.5. The first-order valence-electron chi connectivity index (χ1n) is 11.5. The van der Waals surface area contributed by atoms with Gasteiger partial charge in [-0.15, -0.1) is 0 Å². The summed E-state index contributed by atoms with van der Waals surface area (Å²) in [6, 6.07) is 0. The van der Waals surface area contributed by atoms with Crippen LogP contribution in [0.2, 0.25) is 0 Å². The molecule has 2 aromatic heterocycles. The Morgan fingerprint density at radius 3 is 1.88 bits per heavy atom. The van der Waals surface area contributed by atoms with Gasteiger partial charge in [0.15, 0.2) is 17.7 Å². The monoisotopic (exact) mass is 605 g/mol. The van der Waals surface area contributed by atoms with Crippen molar-refractivity contribution in [1.29, 1.82) is 0 Å². The Hall–Kier alpha value is -1.98. The molecule has 2 aliphatic rings. The number of anilines is 1. The lowest BCUT2D eigenvalue weighted by atomic mass is 10.1. The quantitative estimate of drug-likeness (QED) is 0.131. The molecule has 0 radical (unpaired) electrons. The Labute approximate surface area is 226 Å². The van der Waals surface area contributed by atoms with Gasteiger partial charge in [0.05, 0.1) is 52.6 Å². The molecule has 21 heteroatoms. The van der Waals surface area contributed by atoms with Crippen LogP contribution in [0.15, 0.2) is 12.7 Å². The third-order valence-corrected chi connectivity index (χ3v) is 5.88. The number of aliphatic hydroxyl groups is 10. The zero-order valence-electron chi connectivity index (χ0n) is 21.0. The fraction of sp³-hybridized carbons (Fsp3) is 0.737. The van der Waals surface area contributed by atoms with E-state index in [9.17, 15) is 14.6 Å². The summed E-state index contributed by atoms with van der Waals surface area (Å²) in [7, 11) is -4.16. The fourth-order valence-corrected chi connectivity index (χ4v) is 3.76. The van der Waals surface area contributed by atoms with Gasteiger partial charge in [-0.3, -0.25) is 13.6 Å². The molecule has 2 aromatic rings. The lowest BCUT2D eigenvalue weighted by Crippen LogP contribution is -2.39. The van der Waals surface area contributed by atoms with Crippen molar-refractivity contribution >= 4 is 24.8 Å². The van der Waals surface area contributed by atoms with Crippen molar-refractivity contribution in [2.24, 2.45) is 0 Å². The second-order valence-electron chi connectivity index (χ2n) is 8.03. The molecular formula is C19H36N5O15P. The van der Waals surface area contributed by atoms with Gasteiger partial charge < -0.3 is 66.4 Å². The minimum atomic E-state index is -4.16. The van der Waals surface area contributed by atoms with Gasteiger partial charge in [-0.25, -0.2) is 19.5 Å². The molecule has 2 aliphatic heterocycles. The second kappa shape index (κ2) is 17.7. The Morgan fingerprint density at radius 2 is 1.43 bits per heavy atom. The van der Waals surface area contributed by atoms with Crippen LogP contribution in [0.5, 0.6) is 0 Å². The van der Waals surface area contributed by atoms with Crippen molar-refractivity contribution < 1.29 is 74.3 Å². The molecule has 13 N–H and O–H groups in total. The van der Waals surface area contributed by atoms with Gasteiger partial charge in [-0.2, -0.15) is 0 Å². The van der Waals surface area contributed by atoms with E-state index in [1.54, 1.807) is 0 Å². The van der Waals surface area contributed by atoms with Crippen molar-refractivity contribution in [3.8, 4) is 0 Å². The van der Waals surface area contributed by atoms with Gasteiger partial charge >= 0.3 is 7.82 Å². The SMILES string of the molecule is Nc1ncnc2c1ncn2[C@@H]1O[C@@H]2COP(=O)(O)O[C@H]2[C@H]1O.OCC(O)CO.OCC(O)CO.OCC(O)CO. The van der Waals surface area contributed by atoms with Gasteiger partial charge in [0.1, 0.15) is 48.5 Å². The number of fused-ring (bicyclic) bond motifs is 2. The molecule has 40 heavy (non-hydrogen) atoms. The first kappa shape index (κ1) is 36.0. The molecule has 5 atom stereocenters. The molecule has 0 saturated carbocycles. The number of rotatable bonds is 7. The molecule has 20 nitrogen and oxygen atoms in total. The number of aromatic nitrogens is 4. The maximum atomic E-state index is 11.5. The van der Waals surface area contributed by atoms with Crippen LogP contribution >= 0.6 is 7.82 Å². The summed E-state index contributed by atoms with van der Waals surface area (Å²) in [4.78, 5) is 21.3. The smallest absolute Gasteiger partial charge is 0.394 e. The van der Waals surface area contributed by atoms with Gasteiger partial charge in [-0.1, -0.05) is 0 Å². The molecule has 0 spiro atoms. The zero-order valence-corrected chi connectivity index (χ0v) is 21.9. The summed E-state index contributed by atoms with van der Waals surface area (Å²) in [5, 5.41) is 82.4. The molecule has 2 saturated heterocycles. The molecule has 4 rings (SSSR count). The van der Waals surface area contributed by atoms with Crippen molar-refractivity contribution in [2.45, 2.75) is 42.9 Å². The number of phosphoric ester groups is 1. The van der Waals surface area contributed by atoms with Crippen LogP contribution in [0.1, 0.15) is 6.23 Å². The van der Waals surface area contributed by atoms with E-state index >= 15 is 0 Å². The average Bonchev–Trinajstić information content (AvgIpc) is 3.53. The lowest BCUT2D eigenvalue weighted by Gasteiger charge is -2.27. The van der Waals surface area contributed by atoms with Crippen LogP contribution < -0.4 is 5.73 Å². The summed E-state index contributed by atoms with van der Waals surface area (Å²) in [5.41, 5.74) is 6.46. The number of phosphoric acid groups is 1. The molecule has 0 aromatic carbocycles. The van der Waals surface area contributed by atoms with Crippen LogP contribution in [-0.2, 0) is 18.3 Å². The Bertz CT molecular complexity index is 999. The van der Waals surface area contributed by atoms with E-state index in [0.717, 1.165) is 0 Å². The number of nitrogens with zero attached hydrogens (tertiary/aromatic N) is 4. The van der Waals surface area contributed by atoms with Gasteiger partial charge in [0.2, 0.25) is 0 Å². The standard InChI is InChI=1S/C10H12N5O6P.3C3H8O3/c11-8-5-9(13-2-12-8)15(3-14-5)10-6(16)7-4(20-10)1-19-22(17,18)21-7;3*4-1-3(6)2-5/h2-4,6-7,10,16H,1H2,(H,17,18)(H2,11,12,13);3*3-6H,1-2H2/t4-,6-,7-,10-;;;/m1.../s1. The normalized spacial score (nSPS) is 25.6. The number of nitrogens with two attached hydrogens (primary N) is 1. The summed E-state index contributed by atoms with van der Waals surface area (Å²) in [5.74, 6) is 0.202. The van der Waals surface area contributed by atoms with Gasteiger partial charge in [0, 0.05) is 0 Å². The largest absolute Gasteiger partial charge is 0.472 e. The molecule has 0 aliphatic carbocycles. The highest BCUT2D eigenvalue weighted by Gasteiger charge is 2.52. The minimum Gasteiger partial charge on any atom is -0.394 e. The lowest BCUT2D eigenvalue weighted by molar-refractivity contribution is -0.0664. The number of ether oxygens (including phenoxy) is 1. The van der Waals surface area contributed by atoms with E-state index in [0.29, 0.717) is 11.2 Å². The van der Waals surface area contributed by atoms with Crippen molar-refractivity contribution in [1.82, 2.24) is 19.5 Å². The van der Waals surface area contributed by atoms with E-state index in [2.05, 4.69) is 19.5 Å². The van der Waals surface area contributed by atoms with Crippen molar-refractivity contribution in [3.63, 3.8) is 0 Å². The van der Waals surface area contributed by atoms with Crippen LogP contribution in [-0.4, -0.2) is 158 Å². The van der Waals surface area contributed by atoms with Gasteiger partial charge in [-0.05, 0) is 0 Å². The summed E-state index contributed by atoms with van der Waals surface area (Å²) in [6.45, 7) is -2.34. The van der Waals surface area contributed by atoms with Crippen molar-refractivity contribution in [2.75, 3.05) is 52.0 Å². The maximum Gasteiger partial charge on any atom is 0.472 e. The number of hydrogen-bond acceptors (Lipinski definition) is 18. The molecule has 1 unspecified atom stereocenters. The average molecular weight is 605 g/mol. The van der Waals surface area contributed by atoms with Crippen LogP contribution in [0, 0.1) is 0 Å². The van der Waals surface area contributed by atoms with Gasteiger partial charge in [0.25, 0.3) is 0 Å². The van der Waals surface area contributed by atoms with E-state index in [1.807, 2.05) is 0 Å². The summed E-state index contributed by atoms with van der Waals surface area (Å²) in [6.07, 6.45) is -3.93. The summed E-state index contributed by atoms with van der Waals surface area (Å²) >= 11 is 0. The van der Waals surface area contributed by atoms with E-state index in [-0.39, 0.29) is 52.1 Å². The predicted octanol–water partition coefficient (Wildman–Crippen LogP) is -5.82. The molecule has 4 heterocycles. The molecular weight excluding hydrogens is 569 g/mol.